The van der Waals surface area contributed by atoms with Crippen molar-refractivity contribution in [2.75, 3.05) is 19.7 Å². The molecule has 0 saturated carbocycles. The molecule has 24 heavy (non-hydrogen) atoms. The van der Waals surface area contributed by atoms with Crippen LogP contribution in [0.3, 0.4) is 0 Å². The van der Waals surface area contributed by atoms with Crippen LogP contribution in [0.2, 0.25) is 0 Å². The van der Waals surface area contributed by atoms with Crippen LogP contribution < -0.4 is 10.6 Å². The van der Waals surface area contributed by atoms with Crippen molar-refractivity contribution in [1.82, 2.24) is 10.6 Å². The van der Waals surface area contributed by atoms with E-state index in [4.69, 9.17) is 5.11 Å². The predicted octanol–water partition coefficient (Wildman–Crippen LogP) is -0.138. The van der Waals surface area contributed by atoms with Crippen molar-refractivity contribution in [2.24, 2.45) is 5.41 Å². The van der Waals surface area contributed by atoms with Crippen LogP contribution in [0.5, 0.6) is 0 Å². The van der Waals surface area contributed by atoms with E-state index in [2.05, 4.69) is 10.6 Å². The van der Waals surface area contributed by atoms with E-state index in [1.54, 1.807) is 25.2 Å². The third-order valence-corrected chi connectivity index (χ3v) is 4.47. The van der Waals surface area contributed by atoms with Crippen LogP contribution in [0.25, 0.3) is 0 Å². The van der Waals surface area contributed by atoms with Gasteiger partial charge in [0.25, 0.3) is 5.91 Å². The summed E-state index contributed by atoms with van der Waals surface area (Å²) in [5.74, 6) is -1.99. The number of hydrogen-bond donors (Lipinski definition) is 4. The summed E-state index contributed by atoms with van der Waals surface area (Å²) in [4.78, 5) is 36.2. The van der Waals surface area contributed by atoms with E-state index in [0.717, 1.165) is 4.88 Å². The van der Waals surface area contributed by atoms with Crippen molar-refractivity contribution in [3.8, 4) is 0 Å². The molecule has 0 aliphatic rings. The van der Waals surface area contributed by atoms with Crippen LogP contribution in [0.1, 0.15) is 25.1 Å². The zero-order valence-corrected chi connectivity index (χ0v) is 14.7. The molecule has 7 nitrogen and oxygen atoms in total. The normalized spacial score (nSPS) is 12.5. The maximum Gasteiger partial charge on any atom is 0.287 e. The maximum atomic E-state index is 11.7. The Bertz CT molecular complexity index is 557. The molecule has 1 rings (SSSR count). The summed E-state index contributed by atoms with van der Waals surface area (Å²) >= 11 is 1.58. The van der Waals surface area contributed by atoms with E-state index in [9.17, 15) is 19.5 Å². The molecule has 0 aromatic carbocycles. The Morgan fingerprint density at radius 1 is 1.25 bits per heavy atom. The van der Waals surface area contributed by atoms with Gasteiger partial charge in [-0.15, -0.1) is 11.3 Å². The molecule has 0 spiro atoms. The van der Waals surface area contributed by atoms with Crippen molar-refractivity contribution < 1.29 is 24.6 Å². The van der Waals surface area contributed by atoms with Gasteiger partial charge in [0.1, 0.15) is 6.10 Å². The molecule has 8 heteroatoms. The first kappa shape index (κ1) is 20.3. The number of aliphatic hydroxyl groups is 2. The van der Waals surface area contributed by atoms with Crippen LogP contribution in [-0.2, 0) is 20.8 Å². The van der Waals surface area contributed by atoms with E-state index in [1.165, 1.54) is 0 Å². The zero-order valence-electron chi connectivity index (χ0n) is 13.9. The number of nitrogens with one attached hydrogen (secondary N) is 2. The standard InChI is InChI=1S/C16H24N2O5S/c1-16(2,10-19)13(21)15(23)18-8-6-12(20)14(22)17-7-5-11-4-3-9-24-11/h3-4,9,13,19,21H,5-8,10H2,1-2H3,(H,17,22)(H,18,23). The Kier molecular flexibility index (Phi) is 8.03. The van der Waals surface area contributed by atoms with Gasteiger partial charge in [0.05, 0.1) is 6.61 Å². The second kappa shape index (κ2) is 9.51. The average molecular weight is 356 g/mol. The lowest BCUT2D eigenvalue weighted by atomic mass is 9.87. The predicted molar refractivity (Wildman–Crippen MR) is 90.5 cm³/mol. The number of Topliss-reactive ketones (excluding diaryl/α,β-unsaturated/α-hetero) is 1. The monoisotopic (exact) mass is 356 g/mol. The largest absolute Gasteiger partial charge is 0.396 e. The Morgan fingerprint density at radius 2 is 1.96 bits per heavy atom. The van der Waals surface area contributed by atoms with Crippen molar-refractivity contribution in [1.29, 1.82) is 0 Å². The molecule has 0 aliphatic heterocycles. The van der Waals surface area contributed by atoms with Gasteiger partial charge in [-0.2, -0.15) is 0 Å². The third-order valence-electron chi connectivity index (χ3n) is 3.54. The lowest BCUT2D eigenvalue weighted by Crippen LogP contribution is -2.46. The number of ketones is 1. The molecule has 0 radical (unpaired) electrons. The maximum absolute atomic E-state index is 11.7. The topological polar surface area (TPSA) is 116 Å². The van der Waals surface area contributed by atoms with Gasteiger partial charge >= 0.3 is 0 Å². The van der Waals surface area contributed by atoms with Crippen LogP contribution in [0.15, 0.2) is 17.5 Å². The summed E-state index contributed by atoms with van der Waals surface area (Å²) < 4.78 is 0. The van der Waals surface area contributed by atoms with Gasteiger partial charge in [0, 0.05) is 29.8 Å². The van der Waals surface area contributed by atoms with Crippen LogP contribution >= 0.6 is 11.3 Å². The second-order valence-electron chi connectivity index (χ2n) is 6.10. The Hall–Kier alpha value is -1.77. The smallest absolute Gasteiger partial charge is 0.287 e. The Morgan fingerprint density at radius 3 is 2.54 bits per heavy atom. The van der Waals surface area contributed by atoms with E-state index < -0.39 is 29.1 Å². The molecule has 1 heterocycles. The van der Waals surface area contributed by atoms with Crippen molar-refractivity contribution in [2.45, 2.75) is 32.8 Å². The molecule has 0 saturated heterocycles. The Balaban J connectivity index is 2.25. The molecule has 2 amide bonds. The lowest BCUT2D eigenvalue weighted by Gasteiger charge is -2.27. The van der Waals surface area contributed by atoms with Gasteiger partial charge in [-0.3, -0.25) is 14.4 Å². The van der Waals surface area contributed by atoms with E-state index in [-0.39, 0.29) is 19.6 Å². The van der Waals surface area contributed by atoms with Gasteiger partial charge in [-0.1, -0.05) is 19.9 Å². The number of carbonyl (C=O) groups excluding carboxylic acids is 3. The third kappa shape index (κ3) is 6.38. The molecule has 0 bridgehead atoms. The van der Waals surface area contributed by atoms with Gasteiger partial charge in [-0.25, -0.2) is 0 Å². The molecule has 1 aromatic rings. The number of rotatable bonds is 10. The number of thiophene rings is 1. The first-order chi connectivity index (χ1) is 11.3. The number of carbonyl (C=O) groups is 3. The first-order valence-electron chi connectivity index (χ1n) is 7.68. The van der Waals surface area contributed by atoms with Gasteiger partial charge in [0.2, 0.25) is 11.7 Å². The fraction of sp³-hybridized carbons (Fsp3) is 0.562. The molecule has 1 atom stereocenters. The zero-order chi connectivity index (χ0) is 18.2. The molecule has 4 N–H and O–H groups in total. The molecular weight excluding hydrogens is 332 g/mol. The minimum Gasteiger partial charge on any atom is -0.396 e. The highest BCUT2D eigenvalue weighted by Gasteiger charge is 2.32. The molecular formula is C16H24N2O5S. The average Bonchev–Trinajstić information content (AvgIpc) is 3.06. The summed E-state index contributed by atoms with van der Waals surface area (Å²) in [5.41, 5.74) is -0.979. The number of amides is 2. The summed E-state index contributed by atoms with van der Waals surface area (Å²) in [6.07, 6.45) is -0.879. The molecule has 134 valence electrons. The molecule has 0 fully saturated rings. The quantitative estimate of drug-likeness (QED) is 0.436. The SMILES string of the molecule is CC(C)(CO)C(O)C(=O)NCCC(=O)C(=O)NCCc1cccs1. The number of aliphatic hydroxyl groups excluding tert-OH is 2. The molecule has 1 unspecified atom stereocenters. The molecule has 0 aliphatic carbocycles. The van der Waals surface area contributed by atoms with Crippen molar-refractivity contribution >= 4 is 28.9 Å². The molecule has 1 aromatic heterocycles. The van der Waals surface area contributed by atoms with E-state index >= 15 is 0 Å². The van der Waals surface area contributed by atoms with Gasteiger partial charge < -0.3 is 20.8 Å². The minimum absolute atomic E-state index is 0.0470. The highest BCUT2D eigenvalue weighted by molar-refractivity contribution is 7.09. The fourth-order valence-electron chi connectivity index (χ4n) is 1.80. The van der Waals surface area contributed by atoms with Crippen LogP contribution in [0.4, 0.5) is 0 Å². The first-order valence-corrected chi connectivity index (χ1v) is 8.56. The number of hydrogen-bond acceptors (Lipinski definition) is 6. The summed E-state index contributed by atoms with van der Waals surface area (Å²) in [7, 11) is 0. The Labute approximate surface area is 145 Å². The second-order valence-corrected chi connectivity index (χ2v) is 7.13. The van der Waals surface area contributed by atoms with Gasteiger partial charge in [-0.05, 0) is 17.9 Å². The van der Waals surface area contributed by atoms with Crippen LogP contribution in [0, 0.1) is 5.41 Å². The van der Waals surface area contributed by atoms with E-state index in [0.29, 0.717) is 13.0 Å². The summed E-state index contributed by atoms with van der Waals surface area (Å²) in [6, 6.07) is 3.87. The van der Waals surface area contributed by atoms with Gasteiger partial charge in [0.15, 0.2) is 0 Å². The highest BCUT2D eigenvalue weighted by Crippen LogP contribution is 2.19. The van der Waals surface area contributed by atoms with Crippen molar-refractivity contribution in [3.05, 3.63) is 22.4 Å². The fourth-order valence-corrected chi connectivity index (χ4v) is 2.51. The van der Waals surface area contributed by atoms with Crippen molar-refractivity contribution in [3.63, 3.8) is 0 Å². The lowest BCUT2D eigenvalue weighted by molar-refractivity contribution is -0.139. The van der Waals surface area contributed by atoms with E-state index in [1.807, 2.05) is 17.5 Å². The summed E-state index contributed by atoms with van der Waals surface area (Å²) in [6.45, 7) is 3.06. The summed E-state index contributed by atoms with van der Waals surface area (Å²) in [5, 5.41) is 25.8. The minimum atomic E-state index is -1.39. The van der Waals surface area contributed by atoms with Crippen LogP contribution in [-0.4, -0.2) is 53.6 Å². The highest BCUT2D eigenvalue weighted by atomic mass is 32.1.